The van der Waals surface area contributed by atoms with E-state index < -0.39 is 0 Å². The van der Waals surface area contributed by atoms with E-state index in [1.807, 2.05) is 34.1 Å². The number of hydrogen-bond acceptors (Lipinski definition) is 4. The van der Waals surface area contributed by atoms with Crippen molar-refractivity contribution in [3.8, 4) is 0 Å². The summed E-state index contributed by atoms with van der Waals surface area (Å²) in [5.74, 6) is 0.0974. The number of carbonyl (C=O) groups is 1. The maximum absolute atomic E-state index is 12.4. The van der Waals surface area contributed by atoms with Gasteiger partial charge in [-0.1, -0.05) is 6.08 Å². The molecule has 0 fully saturated rings. The normalized spacial score (nSPS) is 13.7. The molecule has 1 amide bonds. The van der Waals surface area contributed by atoms with Gasteiger partial charge in [0, 0.05) is 30.9 Å². The highest BCUT2D eigenvalue weighted by atomic mass is 32.1. The number of amides is 1. The van der Waals surface area contributed by atoms with E-state index in [0.29, 0.717) is 19.8 Å². The van der Waals surface area contributed by atoms with Crippen LogP contribution < -0.4 is 0 Å². The molecule has 3 heterocycles. The predicted octanol–water partition coefficient (Wildman–Crippen LogP) is 3.04. The van der Waals surface area contributed by atoms with Gasteiger partial charge in [0.1, 0.15) is 0 Å². The maximum atomic E-state index is 12.4. The van der Waals surface area contributed by atoms with Crippen LogP contribution in [-0.4, -0.2) is 28.9 Å². The van der Waals surface area contributed by atoms with Gasteiger partial charge in [0.2, 0.25) is 0 Å². The molecule has 0 spiro atoms. The first-order valence-corrected chi connectivity index (χ1v) is 8.18. The number of hydrogen-bond donors (Lipinski definition) is 0. The van der Waals surface area contributed by atoms with Crippen molar-refractivity contribution in [2.24, 2.45) is 0 Å². The molecule has 114 valence electrons. The van der Waals surface area contributed by atoms with Crippen LogP contribution in [0.1, 0.15) is 27.0 Å². The molecule has 0 bridgehead atoms. The van der Waals surface area contributed by atoms with Crippen LogP contribution in [0.2, 0.25) is 0 Å². The van der Waals surface area contributed by atoms with Crippen LogP contribution in [0.5, 0.6) is 0 Å². The highest BCUT2D eigenvalue weighted by Gasteiger charge is 2.23. The van der Waals surface area contributed by atoms with E-state index in [1.54, 1.807) is 17.4 Å². The standard InChI is InChI=1S/C17H18N2O2S/c1-2-6-21-11-15-9-18-8-14-10-19(5-3-16(14)15)17(20)13-4-7-22-12-13/h2,4,7-9,12H,1,3,5-6,10-11H2. The quantitative estimate of drug-likeness (QED) is 0.629. The molecular formula is C17H18N2O2S. The van der Waals surface area contributed by atoms with Gasteiger partial charge in [0.05, 0.1) is 18.8 Å². The molecule has 0 saturated heterocycles. The molecule has 22 heavy (non-hydrogen) atoms. The first-order chi connectivity index (χ1) is 10.8. The average Bonchev–Trinajstić information content (AvgIpc) is 3.08. The number of rotatable bonds is 5. The third kappa shape index (κ3) is 3.10. The van der Waals surface area contributed by atoms with Crippen molar-refractivity contribution in [2.75, 3.05) is 13.2 Å². The Morgan fingerprint density at radius 3 is 3.18 bits per heavy atom. The zero-order valence-electron chi connectivity index (χ0n) is 12.3. The highest BCUT2D eigenvalue weighted by Crippen LogP contribution is 2.23. The summed E-state index contributed by atoms with van der Waals surface area (Å²) < 4.78 is 5.53. The monoisotopic (exact) mass is 314 g/mol. The largest absolute Gasteiger partial charge is 0.373 e. The van der Waals surface area contributed by atoms with Gasteiger partial charge in [-0.05, 0) is 34.6 Å². The maximum Gasteiger partial charge on any atom is 0.255 e. The summed E-state index contributed by atoms with van der Waals surface area (Å²) in [6.07, 6.45) is 6.31. The van der Waals surface area contributed by atoms with Crippen molar-refractivity contribution in [3.05, 3.63) is 64.1 Å². The van der Waals surface area contributed by atoms with E-state index in [9.17, 15) is 4.79 Å². The summed E-state index contributed by atoms with van der Waals surface area (Å²) >= 11 is 1.55. The molecule has 5 heteroatoms. The second-order valence-corrected chi connectivity index (χ2v) is 6.01. The Balaban J connectivity index is 1.75. The molecule has 1 aliphatic heterocycles. The topological polar surface area (TPSA) is 42.4 Å². The van der Waals surface area contributed by atoms with Crippen LogP contribution in [0.25, 0.3) is 0 Å². The smallest absolute Gasteiger partial charge is 0.255 e. The Labute approximate surface area is 134 Å². The lowest BCUT2D eigenvalue weighted by Crippen LogP contribution is -2.36. The number of carbonyl (C=O) groups excluding carboxylic acids is 1. The molecular weight excluding hydrogens is 296 g/mol. The van der Waals surface area contributed by atoms with E-state index in [2.05, 4.69) is 11.6 Å². The molecule has 2 aromatic rings. The molecule has 0 saturated carbocycles. The summed E-state index contributed by atoms with van der Waals surface area (Å²) in [7, 11) is 0. The number of thiophene rings is 1. The third-order valence-electron chi connectivity index (χ3n) is 3.78. The SMILES string of the molecule is C=CCOCc1cncc2c1CCN(C(=O)c1ccsc1)C2. The number of pyridine rings is 1. The van der Waals surface area contributed by atoms with Crippen LogP contribution in [0.15, 0.2) is 41.9 Å². The Morgan fingerprint density at radius 2 is 2.41 bits per heavy atom. The molecule has 0 radical (unpaired) electrons. The van der Waals surface area contributed by atoms with Crippen LogP contribution in [0.4, 0.5) is 0 Å². The average molecular weight is 314 g/mol. The van der Waals surface area contributed by atoms with E-state index in [1.165, 1.54) is 5.56 Å². The molecule has 0 unspecified atom stereocenters. The second-order valence-electron chi connectivity index (χ2n) is 5.23. The minimum absolute atomic E-state index is 0.0974. The molecule has 2 aromatic heterocycles. The molecule has 1 aliphatic rings. The summed E-state index contributed by atoms with van der Waals surface area (Å²) in [5, 5.41) is 3.83. The van der Waals surface area contributed by atoms with Crippen molar-refractivity contribution in [1.29, 1.82) is 0 Å². The zero-order valence-corrected chi connectivity index (χ0v) is 13.1. The minimum Gasteiger partial charge on any atom is -0.373 e. The summed E-state index contributed by atoms with van der Waals surface area (Å²) in [5.41, 5.74) is 4.27. The second kappa shape index (κ2) is 6.85. The van der Waals surface area contributed by atoms with Gasteiger partial charge in [0.15, 0.2) is 0 Å². The number of fused-ring (bicyclic) bond motifs is 1. The van der Waals surface area contributed by atoms with Crippen molar-refractivity contribution in [1.82, 2.24) is 9.88 Å². The highest BCUT2D eigenvalue weighted by molar-refractivity contribution is 7.08. The Hall–Kier alpha value is -1.98. The lowest BCUT2D eigenvalue weighted by Gasteiger charge is -2.29. The fraction of sp³-hybridized carbons (Fsp3) is 0.294. The zero-order chi connectivity index (χ0) is 15.4. The molecule has 0 atom stereocenters. The first kappa shape index (κ1) is 14.9. The lowest BCUT2D eigenvalue weighted by atomic mass is 9.97. The van der Waals surface area contributed by atoms with Crippen molar-refractivity contribution in [3.63, 3.8) is 0 Å². The van der Waals surface area contributed by atoms with E-state index in [0.717, 1.165) is 29.7 Å². The first-order valence-electron chi connectivity index (χ1n) is 7.24. The minimum atomic E-state index is 0.0974. The van der Waals surface area contributed by atoms with Gasteiger partial charge in [-0.3, -0.25) is 9.78 Å². The third-order valence-corrected chi connectivity index (χ3v) is 4.46. The van der Waals surface area contributed by atoms with Crippen LogP contribution in [0, 0.1) is 0 Å². The summed E-state index contributed by atoms with van der Waals surface area (Å²) in [6.45, 7) is 6.08. The molecule has 0 aromatic carbocycles. The number of nitrogens with zero attached hydrogens (tertiary/aromatic N) is 2. The van der Waals surface area contributed by atoms with Crippen molar-refractivity contribution < 1.29 is 9.53 Å². The summed E-state index contributed by atoms with van der Waals surface area (Å²) in [6, 6.07) is 1.88. The number of aromatic nitrogens is 1. The fourth-order valence-electron chi connectivity index (χ4n) is 2.69. The van der Waals surface area contributed by atoms with E-state index in [-0.39, 0.29) is 5.91 Å². The predicted molar refractivity (Wildman–Crippen MR) is 86.9 cm³/mol. The van der Waals surface area contributed by atoms with Gasteiger partial charge in [-0.15, -0.1) is 6.58 Å². The number of ether oxygens (including phenoxy) is 1. The van der Waals surface area contributed by atoms with Crippen LogP contribution >= 0.6 is 11.3 Å². The van der Waals surface area contributed by atoms with Crippen LogP contribution in [0.3, 0.4) is 0 Å². The Morgan fingerprint density at radius 1 is 1.50 bits per heavy atom. The lowest BCUT2D eigenvalue weighted by molar-refractivity contribution is 0.0733. The van der Waals surface area contributed by atoms with Gasteiger partial charge < -0.3 is 9.64 Å². The molecule has 0 N–H and O–H groups in total. The van der Waals surface area contributed by atoms with Gasteiger partial charge in [0.25, 0.3) is 5.91 Å². The molecule has 4 nitrogen and oxygen atoms in total. The van der Waals surface area contributed by atoms with E-state index in [4.69, 9.17) is 4.74 Å². The van der Waals surface area contributed by atoms with Gasteiger partial charge >= 0.3 is 0 Å². The fourth-order valence-corrected chi connectivity index (χ4v) is 3.32. The van der Waals surface area contributed by atoms with Gasteiger partial charge in [-0.2, -0.15) is 11.3 Å². The van der Waals surface area contributed by atoms with Crippen molar-refractivity contribution >= 4 is 17.2 Å². The van der Waals surface area contributed by atoms with Gasteiger partial charge in [-0.25, -0.2) is 0 Å². The van der Waals surface area contributed by atoms with Crippen LogP contribution in [-0.2, 0) is 24.3 Å². The van der Waals surface area contributed by atoms with E-state index >= 15 is 0 Å². The Bertz CT molecular complexity index is 667. The molecule has 3 rings (SSSR count). The summed E-state index contributed by atoms with van der Waals surface area (Å²) in [4.78, 5) is 18.6. The Kier molecular flexibility index (Phi) is 4.65. The van der Waals surface area contributed by atoms with Crippen molar-refractivity contribution in [2.45, 2.75) is 19.6 Å². The molecule has 0 aliphatic carbocycles.